The summed E-state index contributed by atoms with van der Waals surface area (Å²) in [5.74, 6) is -0.0765. The van der Waals surface area contributed by atoms with Crippen LogP contribution in [0.4, 0.5) is 5.69 Å². The van der Waals surface area contributed by atoms with E-state index < -0.39 is 10.0 Å². The van der Waals surface area contributed by atoms with Crippen molar-refractivity contribution in [2.75, 3.05) is 18.4 Å². The van der Waals surface area contributed by atoms with Crippen molar-refractivity contribution in [2.45, 2.75) is 43.0 Å². The average molecular weight is 402 g/mol. The molecular formula is C21H27N3O3S. The van der Waals surface area contributed by atoms with Crippen molar-refractivity contribution >= 4 is 21.6 Å². The molecule has 0 aliphatic carbocycles. The van der Waals surface area contributed by atoms with Gasteiger partial charge in [-0.3, -0.25) is 9.69 Å². The van der Waals surface area contributed by atoms with Gasteiger partial charge in [0.15, 0.2) is 0 Å². The highest BCUT2D eigenvalue weighted by Crippen LogP contribution is 2.21. The normalized spacial score (nSPS) is 18.0. The third-order valence-corrected chi connectivity index (χ3v) is 6.09. The molecule has 2 aromatic carbocycles. The van der Waals surface area contributed by atoms with E-state index in [2.05, 4.69) is 34.5 Å². The summed E-state index contributed by atoms with van der Waals surface area (Å²) in [6.45, 7) is 1.74. The Labute approximate surface area is 166 Å². The topological polar surface area (TPSA) is 92.5 Å². The number of nitrogens with two attached hydrogens (primary N) is 1. The third kappa shape index (κ3) is 5.89. The summed E-state index contributed by atoms with van der Waals surface area (Å²) in [7, 11) is -3.72. The van der Waals surface area contributed by atoms with Gasteiger partial charge >= 0.3 is 0 Å². The maximum Gasteiger partial charge on any atom is 0.238 e. The summed E-state index contributed by atoms with van der Waals surface area (Å²) in [6.07, 6.45) is 4.98. The first-order valence-corrected chi connectivity index (χ1v) is 11.2. The van der Waals surface area contributed by atoms with Gasteiger partial charge in [0.1, 0.15) is 0 Å². The second-order valence-corrected chi connectivity index (χ2v) is 8.80. The number of rotatable bonds is 7. The smallest absolute Gasteiger partial charge is 0.238 e. The summed E-state index contributed by atoms with van der Waals surface area (Å²) < 4.78 is 22.6. The van der Waals surface area contributed by atoms with Gasteiger partial charge in [-0.15, -0.1) is 0 Å². The molecule has 1 unspecified atom stereocenters. The highest BCUT2D eigenvalue weighted by atomic mass is 32.2. The van der Waals surface area contributed by atoms with Crippen LogP contribution in [0, 0.1) is 0 Å². The van der Waals surface area contributed by atoms with Crippen molar-refractivity contribution in [2.24, 2.45) is 5.14 Å². The molecule has 1 saturated heterocycles. The molecular weight excluding hydrogens is 374 g/mol. The molecule has 6 nitrogen and oxygen atoms in total. The minimum Gasteiger partial charge on any atom is -0.326 e. The Bertz CT molecular complexity index is 883. The predicted octanol–water partition coefficient (Wildman–Crippen LogP) is 2.76. The molecule has 1 atom stereocenters. The van der Waals surface area contributed by atoms with Gasteiger partial charge in [0.2, 0.25) is 15.9 Å². The second-order valence-electron chi connectivity index (χ2n) is 7.24. The van der Waals surface area contributed by atoms with Gasteiger partial charge in [0.05, 0.1) is 4.90 Å². The summed E-state index contributed by atoms with van der Waals surface area (Å²) in [6, 6.07) is 16.8. The van der Waals surface area contributed by atoms with Gasteiger partial charge in [0, 0.05) is 24.7 Å². The summed E-state index contributed by atoms with van der Waals surface area (Å²) in [4.78, 5) is 14.8. The lowest BCUT2D eigenvalue weighted by Gasteiger charge is -2.35. The van der Waals surface area contributed by atoms with Crippen LogP contribution in [0.15, 0.2) is 59.5 Å². The van der Waals surface area contributed by atoms with E-state index in [1.165, 1.54) is 30.5 Å². The van der Waals surface area contributed by atoms with Crippen LogP contribution in [0.1, 0.15) is 31.2 Å². The van der Waals surface area contributed by atoms with Gasteiger partial charge < -0.3 is 5.32 Å². The van der Waals surface area contributed by atoms with Gasteiger partial charge in [0.25, 0.3) is 0 Å². The SMILES string of the molecule is NS(=O)(=O)c1ccc(NC(=O)CCN2CCCCC2Cc2ccccc2)cc1. The largest absolute Gasteiger partial charge is 0.326 e. The number of likely N-dealkylation sites (tertiary alicyclic amines) is 1. The number of anilines is 1. The molecule has 28 heavy (non-hydrogen) atoms. The number of primary sulfonamides is 1. The minimum atomic E-state index is -3.72. The van der Waals surface area contributed by atoms with E-state index in [1.54, 1.807) is 12.1 Å². The number of nitrogens with one attached hydrogen (secondary N) is 1. The van der Waals surface area contributed by atoms with Crippen LogP contribution in [0.25, 0.3) is 0 Å². The number of amides is 1. The lowest BCUT2D eigenvalue weighted by Crippen LogP contribution is -2.42. The molecule has 0 aromatic heterocycles. The number of hydrogen-bond acceptors (Lipinski definition) is 4. The summed E-state index contributed by atoms with van der Waals surface area (Å²) in [5.41, 5.74) is 1.90. The van der Waals surface area contributed by atoms with E-state index in [9.17, 15) is 13.2 Å². The van der Waals surface area contributed by atoms with Crippen molar-refractivity contribution in [3.63, 3.8) is 0 Å². The molecule has 150 valence electrons. The Kier molecular flexibility index (Phi) is 6.83. The molecule has 0 spiro atoms. The Balaban J connectivity index is 1.52. The summed E-state index contributed by atoms with van der Waals surface area (Å²) in [5, 5.41) is 7.91. The van der Waals surface area contributed by atoms with E-state index in [0.717, 1.165) is 25.9 Å². The van der Waals surface area contributed by atoms with Crippen molar-refractivity contribution in [3.8, 4) is 0 Å². The standard InChI is InChI=1S/C21H27N3O3S/c22-28(26,27)20-11-9-18(10-12-20)23-21(25)13-15-24-14-5-4-8-19(24)16-17-6-2-1-3-7-17/h1-3,6-7,9-12,19H,4-5,8,13-16H2,(H,23,25)(H2,22,26,27). The van der Waals surface area contributed by atoms with E-state index >= 15 is 0 Å². The van der Waals surface area contributed by atoms with Crippen molar-refractivity contribution in [1.82, 2.24) is 4.90 Å². The number of hydrogen-bond donors (Lipinski definition) is 2. The second kappa shape index (κ2) is 9.32. The number of sulfonamides is 1. The monoisotopic (exact) mass is 401 g/mol. The Morgan fingerprint density at radius 2 is 1.79 bits per heavy atom. The maximum atomic E-state index is 12.3. The van der Waals surface area contributed by atoms with Crippen LogP contribution in [-0.4, -0.2) is 38.4 Å². The van der Waals surface area contributed by atoms with Crippen molar-refractivity contribution < 1.29 is 13.2 Å². The Hall–Kier alpha value is -2.22. The minimum absolute atomic E-state index is 0.0302. The molecule has 0 radical (unpaired) electrons. The Morgan fingerprint density at radius 1 is 1.07 bits per heavy atom. The molecule has 0 saturated carbocycles. The number of benzene rings is 2. The average Bonchev–Trinajstić information content (AvgIpc) is 2.68. The summed E-state index contributed by atoms with van der Waals surface area (Å²) >= 11 is 0. The first kappa shape index (κ1) is 20.5. The van der Waals surface area contributed by atoms with Gasteiger partial charge in [-0.25, -0.2) is 13.6 Å². The first-order chi connectivity index (χ1) is 13.4. The van der Waals surface area contributed by atoms with Gasteiger partial charge in [-0.2, -0.15) is 0 Å². The molecule has 2 aromatic rings. The van der Waals surface area contributed by atoms with Crippen molar-refractivity contribution in [1.29, 1.82) is 0 Å². The molecule has 1 heterocycles. The van der Waals surface area contributed by atoms with E-state index in [-0.39, 0.29) is 10.8 Å². The zero-order valence-corrected chi connectivity index (χ0v) is 16.7. The molecule has 0 bridgehead atoms. The molecule has 1 amide bonds. The van der Waals surface area contributed by atoms with Crippen LogP contribution >= 0.6 is 0 Å². The third-order valence-electron chi connectivity index (χ3n) is 5.16. The first-order valence-electron chi connectivity index (χ1n) is 9.62. The molecule has 3 rings (SSSR count). The fourth-order valence-electron chi connectivity index (χ4n) is 3.67. The van der Waals surface area contributed by atoms with Crippen LogP contribution in [-0.2, 0) is 21.2 Å². The van der Waals surface area contributed by atoms with Crippen molar-refractivity contribution in [3.05, 3.63) is 60.2 Å². The molecule has 1 aliphatic rings. The fourth-order valence-corrected chi connectivity index (χ4v) is 4.18. The van der Waals surface area contributed by atoms with E-state index in [0.29, 0.717) is 18.2 Å². The zero-order valence-electron chi connectivity index (χ0n) is 15.9. The maximum absolute atomic E-state index is 12.3. The van der Waals surface area contributed by atoms with Crippen LogP contribution in [0.3, 0.4) is 0 Å². The fraction of sp³-hybridized carbons (Fsp3) is 0.381. The number of piperidine rings is 1. The van der Waals surface area contributed by atoms with Gasteiger partial charge in [-0.1, -0.05) is 36.8 Å². The number of carbonyl (C=O) groups excluding carboxylic acids is 1. The number of carbonyl (C=O) groups is 1. The predicted molar refractivity (Wildman–Crippen MR) is 110 cm³/mol. The highest BCUT2D eigenvalue weighted by molar-refractivity contribution is 7.89. The molecule has 1 aliphatic heterocycles. The van der Waals surface area contributed by atoms with Crippen LogP contribution in [0.2, 0.25) is 0 Å². The highest BCUT2D eigenvalue weighted by Gasteiger charge is 2.23. The number of nitrogens with zero attached hydrogens (tertiary/aromatic N) is 1. The van der Waals surface area contributed by atoms with E-state index in [4.69, 9.17) is 5.14 Å². The lowest BCUT2D eigenvalue weighted by molar-refractivity contribution is -0.116. The van der Waals surface area contributed by atoms with Crippen LogP contribution < -0.4 is 10.5 Å². The molecule has 1 fully saturated rings. The van der Waals surface area contributed by atoms with Crippen LogP contribution in [0.5, 0.6) is 0 Å². The Morgan fingerprint density at radius 3 is 2.46 bits per heavy atom. The zero-order chi connectivity index (χ0) is 20.0. The van der Waals surface area contributed by atoms with E-state index in [1.807, 2.05) is 6.07 Å². The quantitative estimate of drug-likeness (QED) is 0.746. The van der Waals surface area contributed by atoms with Gasteiger partial charge in [-0.05, 0) is 55.6 Å². The molecule has 7 heteroatoms. The molecule has 3 N–H and O–H groups in total. The lowest BCUT2D eigenvalue weighted by atomic mass is 9.95.